The molecule has 1 heterocycles. The third kappa shape index (κ3) is 7.73. The zero-order valence-corrected chi connectivity index (χ0v) is 25.9. The third-order valence-corrected chi connectivity index (χ3v) is 8.03. The zero-order valence-electron chi connectivity index (χ0n) is 25.9. The number of urea groups is 1. The summed E-state index contributed by atoms with van der Waals surface area (Å²) in [5, 5.41) is 20.9. The molecule has 5 N–H and O–H groups in total. The summed E-state index contributed by atoms with van der Waals surface area (Å²) in [5.41, 5.74) is 8.47. The summed E-state index contributed by atoms with van der Waals surface area (Å²) in [7, 11) is 0. The van der Waals surface area contributed by atoms with E-state index in [9.17, 15) is 23.9 Å². The number of aromatic hydroxyl groups is 1. The predicted octanol–water partition coefficient (Wildman–Crippen LogP) is 4.17. The summed E-state index contributed by atoms with van der Waals surface area (Å²) < 4.78 is 13.4. The molecule has 0 unspecified atom stereocenters. The molecule has 0 bridgehead atoms. The number of fused-ring (bicyclic) bond motifs is 1. The number of nitrogens with zero attached hydrogens (tertiary/aromatic N) is 3. The third-order valence-electron chi connectivity index (χ3n) is 8.03. The van der Waals surface area contributed by atoms with Crippen molar-refractivity contribution in [1.29, 1.82) is 0 Å². The summed E-state index contributed by atoms with van der Waals surface area (Å²) in [4.78, 5) is 42.9. The highest BCUT2D eigenvalue weighted by Crippen LogP contribution is 2.24. The molecule has 1 saturated heterocycles. The van der Waals surface area contributed by atoms with Gasteiger partial charge in [-0.05, 0) is 65.6 Å². The van der Waals surface area contributed by atoms with Crippen LogP contribution in [0, 0.1) is 5.82 Å². The number of amides is 4. The Labute approximate surface area is 267 Å². The molecule has 0 saturated carbocycles. The average molecular weight is 627 g/mol. The Balaban J connectivity index is 1.43. The van der Waals surface area contributed by atoms with Gasteiger partial charge in [0.2, 0.25) is 11.8 Å². The molecule has 5 rings (SSSR count). The van der Waals surface area contributed by atoms with E-state index in [0.717, 1.165) is 21.9 Å². The maximum atomic E-state index is 14.2. The fraction of sp³-hybridized carbons (Fsp3) is 0.286. The van der Waals surface area contributed by atoms with Crippen molar-refractivity contribution in [1.82, 2.24) is 25.6 Å². The van der Waals surface area contributed by atoms with Crippen LogP contribution >= 0.6 is 0 Å². The maximum Gasteiger partial charge on any atom is 0.332 e. The predicted molar refractivity (Wildman–Crippen MR) is 175 cm³/mol. The van der Waals surface area contributed by atoms with Crippen molar-refractivity contribution in [2.75, 3.05) is 25.4 Å². The molecule has 4 amide bonds. The van der Waals surface area contributed by atoms with E-state index in [1.54, 1.807) is 34.2 Å². The minimum Gasteiger partial charge on any atom is -0.506 e. The van der Waals surface area contributed by atoms with Crippen molar-refractivity contribution in [3.63, 3.8) is 0 Å². The normalized spacial score (nSPS) is 16.1. The van der Waals surface area contributed by atoms with Gasteiger partial charge >= 0.3 is 6.03 Å². The van der Waals surface area contributed by atoms with Crippen molar-refractivity contribution in [2.45, 2.75) is 45.4 Å². The van der Waals surface area contributed by atoms with Crippen LogP contribution in [0.25, 0.3) is 10.8 Å². The lowest BCUT2D eigenvalue weighted by molar-refractivity contribution is -0.136. The van der Waals surface area contributed by atoms with E-state index in [2.05, 4.69) is 10.6 Å². The number of nitrogen functional groups attached to an aromatic ring is 1. The van der Waals surface area contributed by atoms with E-state index in [1.807, 2.05) is 56.3 Å². The number of rotatable bonds is 8. The number of carbonyl (C=O) groups excluding carboxylic acids is 3. The highest BCUT2D eigenvalue weighted by molar-refractivity contribution is 5.90. The van der Waals surface area contributed by atoms with Gasteiger partial charge in [-0.1, -0.05) is 60.7 Å². The molecule has 1 atom stereocenters. The van der Waals surface area contributed by atoms with Crippen LogP contribution in [0.4, 0.5) is 14.9 Å². The first-order valence-corrected chi connectivity index (χ1v) is 15.3. The van der Waals surface area contributed by atoms with Crippen molar-refractivity contribution >= 4 is 34.3 Å². The van der Waals surface area contributed by atoms with E-state index in [4.69, 9.17) is 5.73 Å². The largest absolute Gasteiger partial charge is 0.506 e. The molecule has 1 aliphatic heterocycles. The van der Waals surface area contributed by atoms with Gasteiger partial charge in [0.1, 0.15) is 17.6 Å². The number of nitrogens with two attached hydrogens (primary N) is 1. The molecule has 1 fully saturated rings. The summed E-state index contributed by atoms with van der Waals surface area (Å²) in [5.74, 6) is -1.12. The van der Waals surface area contributed by atoms with Gasteiger partial charge in [-0.25, -0.2) is 14.2 Å². The molecule has 11 heteroatoms. The van der Waals surface area contributed by atoms with Crippen molar-refractivity contribution in [3.05, 3.63) is 107 Å². The van der Waals surface area contributed by atoms with Crippen LogP contribution in [0.15, 0.2) is 84.9 Å². The molecule has 46 heavy (non-hydrogen) atoms. The lowest BCUT2D eigenvalue weighted by Crippen LogP contribution is -2.57. The standard InChI is InChI=1S/C35H39FN6O4/c1-23(2)42(35(46)38-20-24-10-13-28(36)14-11-24)41-17-16-40(21-27-8-5-7-26-6-3-4-9-29(26)27)34(45)31(39-33(44)22-41)19-25-12-15-32(43)30(37)18-25/h3-15,18,23,31,43H,16-17,19-22,37H2,1-2H3,(H,38,46)(H,39,44)/t31-/m0/s1. The van der Waals surface area contributed by atoms with Gasteiger partial charge in [0.25, 0.3) is 0 Å². The summed E-state index contributed by atoms with van der Waals surface area (Å²) in [6, 6.07) is 22.8. The Morgan fingerprint density at radius 3 is 2.48 bits per heavy atom. The van der Waals surface area contributed by atoms with Crippen LogP contribution in [-0.2, 0) is 29.1 Å². The summed E-state index contributed by atoms with van der Waals surface area (Å²) in [6.45, 7) is 4.44. The molecule has 10 nitrogen and oxygen atoms in total. The number of halogens is 1. The van der Waals surface area contributed by atoms with Crippen LogP contribution in [-0.4, -0.2) is 69.6 Å². The average Bonchev–Trinajstić information content (AvgIpc) is 3.08. The zero-order chi connectivity index (χ0) is 32.8. The van der Waals surface area contributed by atoms with E-state index < -0.39 is 18.0 Å². The van der Waals surface area contributed by atoms with Crippen LogP contribution in [0.1, 0.15) is 30.5 Å². The summed E-state index contributed by atoms with van der Waals surface area (Å²) >= 11 is 0. The Bertz CT molecular complexity index is 1710. The number of nitrogens with one attached hydrogen (secondary N) is 2. The van der Waals surface area contributed by atoms with Gasteiger partial charge < -0.3 is 26.4 Å². The van der Waals surface area contributed by atoms with Gasteiger partial charge in [0.15, 0.2) is 0 Å². The lowest BCUT2D eigenvalue weighted by Gasteiger charge is -2.37. The van der Waals surface area contributed by atoms with Crippen LogP contribution in [0.2, 0.25) is 0 Å². The van der Waals surface area contributed by atoms with Crippen LogP contribution < -0.4 is 16.4 Å². The maximum absolute atomic E-state index is 14.2. The Morgan fingerprint density at radius 1 is 1.02 bits per heavy atom. The topological polar surface area (TPSA) is 131 Å². The highest BCUT2D eigenvalue weighted by Gasteiger charge is 2.33. The number of phenolic OH excluding ortho intramolecular Hbond substituents is 1. The minimum atomic E-state index is -0.911. The fourth-order valence-electron chi connectivity index (χ4n) is 5.75. The first-order chi connectivity index (χ1) is 22.1. The van der Waals surface area contributed by atoms with Crippen LogP contribution in [0.5, 0.6) is 5.75 Å². The number of hydrogen-bond acceptors (Lipinski definition) is 6. The Morgan fingerprint density at radius 2 is 1.74 bits per heavy atom. The molecule has 240 valence electrons. The number of anilines is 1. The summed E-state index contributed by atoms with van der Waals surface area (Å²) in [6.07, 6.45) is 0.160. The molecule has 0 aromatic heterocycles. The smallest absolute Gasteiger partial charge is 0.332 e. The second kappa shape index (κ2) is 14.3. The molecule has 4 aromatic carbocycles. The SMILES string of the molecule is CC(C)N(C(=O)NCc1ccc(F)cc1)N1CCN(Cc2cccc3ccccc23)C(=O)[C@H](Cc2ccc(O)c(N)c2)NC(=O)C1. The first kappa shape index (κ1) is 32.2. The van der Waals surface area contributed by atoms with Crippen LogP contribution in [0.3, 0.4) is 0 Å². The lowest BCUT2D eigenvalue weighted by atomic mass is 10.0. The van der Waals surface area contributed by atoms with E-state index in [0.29, 0.717) is 5.56 Å². The molecule has 0 spiro atoms. The minimum absolute atomic E-state index is 0.0618. The number of phenols is 1. The van der Waals surface area contributed by atoms with Gasteiger partial charge in [0, 0.05) is 38.6 Å². The van der Waals surface area contributed by atoms with Gasteiger partial charge in [-0.2, -0.15) is 0 Å². The van der Waals surface area contributed by atoms with Crippen molar-refractivity contribution < 1.29 is 23.9 Å². The monoisotopic (exact) mass is 626 g/mol. The molecular formula is C35H39FN6O4. The van der Waals surface area contributed by atoms with Crippen molar-refractivity contribution in [3.8, 4) is 5.75 Å². The van der Waals surface area contributed by atoms with Gasteiger partial charge in [0.05, 0.1) is 12.2 Å². The molecule has 1 aliphatic rings. The highest BCUT2D eigenvalue weighted by atomic mass is 19.1. The Kier molecular flexibility index (Phi) is 10.0. The number of hydrogen-bond donors (Lipinski definition) is 4. The molecular weight excluding hydrogens is 587 g/mol. The molecule has 0 radical (unpaired) electrons. The molecule has 0 aliphatic carbocycles. The van der Waals surface area contributed by atoms with Gasteiger partial charge in [-0.3, -0.25) is 14.6 Å². The van der Waals surface area contributed by atoms with E-state index in [-0.39, 0.29) is 68.3 Å². The quantitative estimate of drug-likeness (QED) is 0.172. The number of carbonyl (C=O) groups is 3. The van der Waals surface area contributed by atoms with E-state index in [1.165, 1.54) is 23.2 Å². The second-order valence-electron chi connectivity index (χ2n) is 11.7. The van der Waals surface area contributed by atoms with Gasteiger partial charge in [-0.15, -0.1) is 0 Å². The van der Waals surface area contributed by atoms with E-state index >= 15 is 0 Å². The first-order valence-electron chi connectivity index (χ1n) is 15.3. The number of hydrazine groups is 1. The fourth-order valence-corrected chi connectivity index (χ4v) is 5.75. The van der Waals surface area contributed by atoms with Crippen molar-refractivity contribution in [2.24, 2.45) is 0 Å². The Hall–Kier alpha value is -5.16. The second-order valence-corrected chi connectivity index (χ2v) is 11.7. The molecule has 4 aromatic rings. The number of benzene rings is 4.